The minimum Gasteiger partial charge on any atom is -0.363 e. The molecule has 0 unspecified atom stereocenters. The molecular weight excluding hydrogens is 206 g/mol. The second-order valence-corrected chi connectivity index (χ2v) is 2.65. The van der Waals surface area contributed by atoms with Gasteiger partial charge in [-0.2, -0.15) is 0 Å². The van der Waals surface area contributed by atoms with Crippen molar-refractivity contribution >= 4 is 11.7 Å². The molecular formula is C8H10F2N4O. The van der Waals surface area contributed by atoms with Crippen LogP contribution < -0.4 is 10.6 Å². The van der Waals surface area contributed by atoms with Crippen molar-refractivity contribution in [2.24, 2.45) is 0 Å². The van der Waals surface area contributed by atoms with Crippen molar-refractivity contribution < 1.29 is 13.6 Å². The molecule has 0 aliphatic heterocycles. The van der Waals surface area contributed by atoms with E-state index in [1.54, 1.807) is 0 Å². The number of hydrogen-bond donors (Lipinski definition) is 2. The summed E-state index contributed by atoms with van der Waals surface area (Å²) in [6, 6.07) is 2.82. The molecule has 0 bridgehead atoms. The summed E-state index contributed by atoms with van der Waals surface area (Å²) in [5.41, 5.74) is 0.139. The zero-order valence-corrected chi connectivity index (χ0v) is 8.00. The quantitative estimate of drug-likeness (QED) is 0.769. The molecule has 0 radical (unpaired) electrons. The lowest BCUT2D eigenvalue weighted by atomic mass is 10.3. The summed E-state index contributed by atoms with van der Waals surface area (Å²) < 4.78 is 23.6. The highest BCUT2D eigenvalue weighted by Gasteiger charge is 2.06. The average molecular weight is 216 g/mol. The first-order valence-corrected chi connectivity index (χ1v) is 4.21. The summed E-state index contributed by atoms with van der Waals surface area (Å²) in [4.78, 5) is 11.0. The van der Waals surface area contributed by atoms with Gasteiger partial charge in [0.2, 0.25) is 0 Å². The Morgan fingerprint density at radius 3 is 2.67 bits per heavy atom. The molecule has 1 aromatic rings. The largest absolute Gasteiger partial charge is 0.363 e. The molecule has 0 aliphatic rings. The van der Waals surface area contributed by atoms with Crippen molar-refractivity contribution in [1.29, 1.82) is 0 Å². The third-order valence-electron chi connectivity index (χ3n) is 1.56. The van der Waals surface area contributed by atoms with Crippen molar-refractivity contribution in [3.8, 4) is 0 Å². The third kappa shape index (κ3) is 3.45. The number of amides is 1. The van der Waals surface area contributed by atoms with Gasteiger partial charge in [0.1, 0.15) is 5.82 Å². The van der Waals surface area contributed by atoms with E-state index in [1.165, 1.54) is 19.2 Å². The van der Waals surface area contributed by atoms with Crippen molar-refractivity contribution in [2.75, 3.05) is 18.9 Å². The zero-order chi connectivity index (χ0) is 11.3. The highest BCUT2D eigenvalue weighted by Crippen LogP contribution is 2.03. The van der Waals surface area contributed by atoms with E-state index in [2.05, 4.69) is 20.8 Å². The van der Waals surface area contributed by atoms with Gasteiger partial charge in [-0.1, -0.05) is 0 Å². The Labute approximate surface area is 84.9 Å². The van der Waals surface area contributed by atoms with E-state index >= 15 is 0 Å². The van der Waals surface area contributed by atoms with Crippen LogP contribution in [0.15, 0.2) is 12.1 Å². The number of anilines is 1. The number of carbonyl (C=O) groups is 1. The minimum atomic E-state index is -2.45. The van der Waals surface area contributed by atoms with Gasteiger partial charge in [0, 0.05) is 7.05 Å². The number of nitrogens with one attached hydrogen (secondary N) is 2. The second-order valence-electron chi connectivity index (χ2n) is 2.65. The van der Waals surface area contributed by atoms with E-state index in [9.17, 15) is 13.6 Å². The van der Waals surface area contributed by atoms with Crippen LogP contribution in [-0.2, 0) is 0 Å². The molecule has 0 saturated carbocycles. The van der Waals surface area contributed by atoms with Gasteiger partial charge in [-0.25, -0.2) is 8.78 Å². The lowest BCUT2D eigenvalue weighted by molar-refractivity contribution is 0.0957. The molecule has 0 atom stereocenters. The number of aromatic nitrogens is 2. The Bertz CT molecular complexity index is 328. The normalized spacial score (nSPS) is 10.1. The van der Waals surface area contributed by atoms with Crippen LogP contribution in [0, 0.1) is 0 Å². The number of rotatable bonds is 4. The fourth-order valence-corrected chi connectivity index (χ4v) is 0.857. The van der Waals surface area contributed by atoms with E-state index in [0.29, 0.717) is 0 Å². The summed E-state index contributed by atoms with van der Waals surface area (Å²) >= 11 is 0. The fraction of sp³-hybridized carbons (Fsp3) is 0.375. The number of carbonyl (C=O) groups excluding carboxylic acids is 1. The smallest absolute Gasteiger partial charge is 0.271 e. The van der Waals surface area contributed by atoms with E-state index in [1.807, 2.05) is 0 Å². The van der Waals surface area contributed by atoms with Gasteiger partial charge in [-0.05, 0) is 12.1 Å². The van der Waals surface area contributed by atoms with Crippen LogP contribution in [0.3, 0.4) is 0 Å². The van der Waals surface area contributed by atoms with Gasteiger partial charge in [0.15, 0.2) is 5.69 Å². The van der Waals surface area contributed by atoms with E-state index in [-0.39, 0.29) is 17.4 Å². The first kappa shape index (κ1) is 11.3. The lowest BCUT2D eigenvalue weighted by Crippen LogP contribution is -2.20. The maximum atomic E-state index is 11.8. The molecule has 0 saturated heterocycles. The van der Waals surface area contributed by atoms with Gasteiger partial charge in [-0.15, -0.1) is 10.2 Å². The van der Waals surface area contributed by atoms with Crippen LogP contribution >= 0.6 is 0 Å². The van der Waals surface area contributed by atoms with Crippen LogP contribution in [0.5, 0.6) is 0 Å². The van der Waals surface area contributed by atoms with Gasteiger partial charge in [0.25, 0.3) is 12.3 Å². The van der Waals surface area contributed by atoms with Crippen LogP contribution in [0.1, 0.15) is 10.5 Å². The van der Waals surface area contributed by atoms with Gasteiger partial charge < -0.3 is 10.6 Å². The molecule has 1 aromatic heterocycles. The predicted octanol–water partition coefficient (Wildman–Crippen LogP) is 0.513. The standard InChI is InChI=1S/C8H10F2N4O/c1-11-8(15)5-2-3-7(14-13-5)12-4-6(9)10/h2-3,6H,4H2,1H3,(H,11,15)(H,12,14). The molecule has 0 fully saturated rings. The topological polar surface area (TPSA) is 66.9 Å². The van der Waals surface area contributed by atoms with Crippen molar-refractivity contribution in [3.63, 3.8) is 0 Å². The van der Waals surface area contributed by atoms with Crippen molar-refractivity contribution in [2.45, 2.75) is 6.43 Å². The van der Waals surface area contributed by atoms with E-state index < -0.39 is 13.0 Å². The zero-order valence-electron chi connectivity index (χ0n) is 8.00. The Hall–Kier alpha value is -1.79. The van der Waals surface area contributed by atoms with Crippen LogP contribution in [-0.4, -0.2) is 36.1 Å². The molecule has 2 N–H and O–H groups in total. The first-order chi connectivity index (χ1) is 7.13. The van der Waals surface area contributed by atoms with Crippen LogP contribution in [0.4, 0.5) is 14.6 Å². The van der Waals surface area contributed by atoms with Crippen LogP contribution in [0.25, 0.3) is 0 Å². The van der Waals surface area contributed by atoms with Gasteiger partial charge in [-0.3, -0.25) is 4.79 Å². The number of halogens is 2. The van der Waals surface area contributed by atoms with Gasteiger partial charge in [0.05, 0.1) is 6.54 Å². The highest BCUT2D eigenvalue weighted by molar-refractivity contribution is 5.91. The molecule has 7 heteroatoms. The lowest BCUT2D eigenvalue weighted by Gasteiger charge is -2.03. The predicted molar refractivity (Wildman–Crippen MR) is 49.9 cm³/mol. The maximum Gasteiger partial charge on any atom is 0.271 e. The molecule has 0 aromatic carbocycles. The maximum absolute atomic E-state index is 11.8. The molecule has 1 heterocycles. The SMILES string of the molecule is CNC(=O)c1ccc(NCC(F)F)nn1. The summed E-state index contributed by atoms with van der Waals surface area (Å²) in [6.45, 7) is -0.492. The monoisotopic (exact) mass is 216 g/mol. The Balaban J connectivity index is 2.60. The molecule has 15 heavy (non-hydrogen) atoms. The Morgan fingerprint density at radius 2 is 2.20 bits per heavy atom. The molecule has 1 rings (SSSR count). The summed E-state index contributed by atoms with van der Waals surface area (Å²) in [5.74, 6) is -0.161. The third-order valence-corrected chi connectivity index (χ3v) is 1.56. The van der Waals surface area contributed by atoms with E-state index in [4.69, 9.17) is 0 Å². The number of nitrogens with zero attached hydrogens (tertiary/aromatic N) is 2. The molecule has 5 nitrogen and oxygen atoms in total. The average Bonchev–Trinajstić information content (AvgIpc) is 2.26. The molecule has 0 aliphatic carbocycles. The summed E-state index contributed by atoms with van der Waals surface area (Å²) in [7, 11) is 1.47. The Kier molecular flexibility index (Phi) is 3.90. The van der Waals surface area contributed by atoms with E-state index in [0.717, 1.165) is 0 Å². The summed E-state index contributed by atoms with van der Waals surface area (Å²) in [6.07, 6.45) is -2.45. The minimum absolute atomic E-state index is 0.139. The second kappa shape index (κ2) is 5.18. The van der Waals surface area contributed by atoms with Crippen molar-refractivity contribution in [1.82, 2.24) is 15.5 Å². The van der Waals surface area contributed by atoms with Crippen molar-refractivity contribution in [3.05, 3.63) is 17.8 Å². The van der Waals surface area contributed by atoms with Crippen LogP contribution in [0.2, 0.25) is 0 Å². The fourth-order valence-electron chi connectivity index (χ4n) is 0.857. The molecule has 1 amide bonds. The first-order valence-electron chi connectivity index (χ1n) is 4.21. The number of alkyl halides is 2. The summed E-state index contributed by atoms with van der Waals surface area (Å²) in [5, 5.41) is 11.9. The molecule has 0 spiro atoms. The number of hydrogen-bond acceptors (Lipinski definition) is 4. The highest BCUT2D eigenvalue weighted by atomic mass is 19.3. The van der Waals surface area contributed by atoms with Gasteiger partial charge >= 0.3 is 0 Å². The molecule has 82 valence electrons. The Morgan fingerprint density at radius 1 is 1.47 bits per heavy atom.